The summed E-state index contributed by atoms with van der Waals surface area (Å²) >= 11 is 1.69. The number of aromatic nitrogens is 3. The molecule has 2 N–H and O–H groups in total. The molecule has 0 bridgehead atoms. The van der Waals surface area contributed by atoms with E-state index < -0.39 is 5.54 Å². The van der Waals surface area contributed by atoms with Crippen LogP contribution in [0.3, 0.4) is 0 Å². The van der Waals surface area contributed by atoms with Crippen molar-refractivity contribution in [3.05, 3.63) is 69.9 Å². The van der Waals surface area contributed by atoms with Gasteiger partial charge in [0.25, 0.3) is 0 Å². The van der Waals surface area contributed by atoms with Crippen LogP contribution in [0.5, 0.6) is 0 Å². The number of aliphatic imine (C=N–C) groups is 1. The summed E-state index contributed by atoms with van der Waals surface area (Å²) in [6, 6.07) is 18.4. The number of hydrogen-bond acceptors (Lipinski definition) is 6. The predicted molar refractivity (Wildman–Crippen MR) is 124 cm³/mol. The molecule has 6 nitrogen and oxygen atoms in total. The number of rotatable bonds is 3. The Kier molecular flexibility index (Phi) is 4.42. The lowest BCUT2D eigenvalue weighted by atomic mass is 9.75. The highest BCUT2D eigenvalue weighted by Crippen LogP contribution is 2.51. The smallest absolute Gasteiger partial charge is 0.113 e. The van der Waals surface area contributed by atoms with Crippen molar-refractivity contribution in [3.8, 4) is 17.2 Å². The minimum Gasteiger partial charge on any atom is -0.387 e. The quantitative estimate of drug-likeness (QED) is 0.519. The van der Waals surface area contributed by atoms with Gasteiger partial charge in [-0.3, -0.25) is 4.99 Å². The molecule has 5 rings (SSSR count). The first-order valence-corrected chi connectivity index (χ1v) is 11.0. The largest absolute Gasteiger partial charge is 0.387 e. The lowest BCUT2D eigenvalue weighted by Gasteiger charge is -2.31. The number of nitriles is 1. The number of hydrogen-bond donors (Lipinski definition) is 1. The van der Waals surface area contributed by atoms with Gasteiger partial charge in [-0.05, 0) is 59.3 Å². The average molecular weight is 427 g/mol. The Morgan fingerprint density at radius 1 is 1.16 bits per heavy atom. The van der Waals surface area contributed by atoms with Gasteiger partial charge in [0.1, 0.15) is 11.1 Å². The van der Waals surface area contributed by atoms with E-state index in [-0.39, 0.29) is 11.8 Å². The van der Waals surface area contributed by atoms with E-state index in [0.717, 1.165) is 27.0 Å². The maximum Gasteiger partial charge on any atom is 0.113 e. The van der Waals surface area contributed by atoms with Gasteiger partial charge in [0, 0.05) is 23.8 Å². The van der Waals surface area contributed by atoms with Gasteiger partial charge < -0.3 is 5.73 Å². The van der Waals surface area contributed by atoms with Crippen molar-refractivity contribution >= 4 is 28.2 Å². The van der Waals surface area contributed by atoms with E-state index in [4.69, 9.17) is 10.7 Å². The van der Waals surface area contributed by atoms with Crippen LogP contribution >= 0.6 is 11.3 Å². The van der Waals surface area contributed by atoms with Gasteiger partial charge in [-0.1, -0.05) is 30.3 Å². The Labute approximate surface area is 184 Å². The van der Waals surface area contributed by atoms with Gasteiger partial charge in [0.15, 0.2) is 0 Å². The fourth-order valence-electron chi connectivity index (χ4n) is 4.68. The molecule has 0 spiro atoms. The van der Waals surface area contributed by atoms with Crippen LogP contribution in [0.2, 0.25) is 0 Å². The molecule has 31 heavy (non-hydrogen) atoms. The molecule has 2 aromatic heterocycles. The second-order valence-electron chi connectivity index (χ2n) is 8.30. The van der Waals surface area contributed by atoms with Crippen molar-refractivity contribution in [1.82, 2.24) is 15.0 Å². The van der Waals surface area contributed by atoms with Gasteiger partial charge in [-0.25, -0.2) is 4.68 Å². The lowest BCUT2D eigenvalue weighted by molar-refractivity contribution is 0.390. The van der Waals surface area contributed by atoms with Crippen molar-refractivity contribution in [1.29, 1.82) is 5.26 Å². The highest BCUT2D eigenvalue weighted by molar-refractivity contribution is 7.10. The summed E-state index contributed by atoms with van der Waals surface area (Å²) in [5.74, 6) is 0.886. The number of amidine groups is 1. The molecule has 0 fully saturated rings. The van der Waals surface area contributed by atoms with Crippen LogP contribution in [0.25, 0.3) is 22.2 Å². The Bertz CT molecular complexity index is 1370. The van der Waals surface area contributed by atoms with E-state index in [9.17, 15) is 5.26 Å². The van der Waals surface area contributed by atoms with E-state index in [2.05, 4.69) is 53.8 Å². The molecular weight excluding hydrogens is 404 g/mol. The Balaban J connectivity index is 1.60. The molecule has 0 amide bonds. The van der Waals surface area contributed by atoms with E-state index in [0.29, 0.717) is 11.4 Å². The number of fused-ring (bicyclic) bond motifs is 1. The Morgan fingerprint density at radius 3 is 2.81 bits per heavy atom. The first-order valence-electron chi connectivity index (χ1n) is 10.1. The maximum atomic E-state index is 9.24. The second kappa shape index (κ2) is 7.03. The normalized spacial score (nSPS) is 23.1. The molecule has 2 aromatic carbocycles. The molecule has 1 aliphatic rings. The molecule has 1 aliphatic heterocycles. The fourth-order valence-corrected chi connectivity index (χ4v) is 5.75. The van der Waals surface area contributed by atoms with Gasteiger partial charge in [-0.2, -0.15) is 5.26 Å². The summed E-state index contributed by atoms with van der Waals surface area (Å²) in [5.41, 5.74) is 11.8. The van der Waals surface area contributed by atoms with Crippen molar-refractivity contribution in [2.45, 2.75) is 25.3 Å². The standard InChI is InChI=1S/C24H22N6S/c1-14-22(17-7-8-19-20(10-17)30(3)29-28-19)24(2,27-23(14)26)21-11-18(13-31-21)16-6-4-5-15(9-16)12-25/h4-11,13-14,22H,1-3H3,(H2,26,27). The van der Waals surface area contributed by atoms with E-state index >= 15 is 0 Å². The molecule has 3 atom stereocenters. The number of nitrogens with two attached hydrogens (primary N) is 1. The van der Waals surface area contributed by atoms with E-state index in [1.165, 1.54) is 5.56 Å². The molecule has 4 aromatic rings. The first kappa shape index (κ1) is 19.5. The number of benzene rings is 2. The van der Waals surface area contributed by atoms with E-state index in [1.807, 2.05) is 37.4 Å². The minimum absolute atomic E-state index is 0.101. The summed E-state index contributed by atoms with van der Waals surface area (Å²) in [4.78, 5) is 6.13. The van der Waals surface area contributed by atoms with Crippen molar-refractivity contribution < 1.29 is 0 Å². The predicted octanol–water partition coefficient (Wildman–Crippen LogP) is 4.57. The zero-order valence-corrected chi connectivity index (χ0v) is 18.4. The molecule has 3 heterocycles. The number of aryl methyl sites for hydroxylation is 1. The third-order valence-corrected chi connectivity index (χ3v) is 7.51. The van der Waals surface area contributed by atoms with Crippen molar-refractivity contribution in [2.75, 3.05) is 0 Å². The van der Waals surface area contributed by atoms with Crippen LogP contribution < -0.4 is 5.73 Å². The maximum absolute atomic E-state index is 9.24. The minimum atomic E-state index is -0.473. The van der Waals surface area contributed by atoms with Crippen LogP contribution in [-0.4, -0.2) is 20.8 Å². The topological polar surface area (TPSA) is 92.9 Å². The van der Waals surface area contributed by atoms with Gasteiger partial charge in [-0.15, -0.1) is 16.4 Å². The highest BCUT2D eigenvalue weighted by Gasteiger charge is 2.47. The summed E-state index contributed by atoms with van der Waals surface area (Å²) < 4.78 is 1.80. The van der Waals surface area contributed by atoms with E-state index in [1.54, 1.807) is 16.0 Å². The van der Waals surface area contributed by atoms with Crippen LogP contribution in [-0.2, 0) is 12.6 Å². The fraction of sp³-hybridized carbons (Fsp3) is 0.250. The average Bonchev–Trinajstić information content (AvgIpc) is 3.47. The summed E-state index contributed by atoms with van der Waals surface area (Å²) in [5, 5.41) is 19.7. The molecule has 7 heteroatoms. The van der Waals surface area contributed by atoms with Crippen LogP contribution in [0, 0.1) is 17.2 Å². The van der Waals surface area contributed by atoms with Gasteiger partial charge >= 0.3 is 0 Å². The number of thiophene rings is 1. The molecule has 0 aliphatic carbocycles. The first-order chi connectivity index (χ1) is 14.9. The third-order valence-electron chi connectivity index (χ3n) is 6.35. The molecule has 0 saturated heterocycles. The van der Waals surface area contributed by atoms with Crippen molar-refractivity contribution in [3.63, 3.8) is 0 Å². The monoisotopic (exact) mass is 426 g/mol. The molecule has 0 radical (unpaired) electrons. The third kappa shape index (κ3) is 3.03. The second-order valence-corrected chi connectivity index (χ2v) is 9.22. The van der Waals surface area contributed by atoms with Crippen LogP contribution in [0.4, 0.5) is 0 Å². The van der Waals surface area contributed by atoms with Crippen LogP contribution in [0.15, 0.2) is 58.9 Å². The summed E-state index contributed by atoms with van der Waals surface area (Å²) in [6.07, 6.45) is 0. The molecule has 154 valence electrons. The van der Waals surface area contributed by atoms with Crippen LogP contribution in [0.1, 0.15) is 35.8 Å². The zero-order valence-electron chi connectivity index (χ0n) is 17.6. The Hall–Kier alpha value is -3.50. The molecule has 0 saturated carbocycles. The summed E-state index contributed by atoms with van der Waals surface area (Å²) in [7, 11) is 1.90. The van der Waals surface area contributed by atoms with Gasteiger partial charge in [0.2, 0.25) is 0 Å². The Morgan fingerprint density at radius 2 is 2.00 bits per heavy atom. The highest BCUT2D eigenvalue weighted by atomic mass is 32.1. The zero-order chi connectivity index (χ0) is 21.8. The number of nitrogens with zero attached hydrogens (tertiary/aromatic N) is 5. The summed E-state index contributed by atoms with van der Waals surface area (Å²) in [6.45, 7) is 4.31. The van der Waals surface area contributed by atoms with Gasteiger partial charge in [0.05, 0.1) is 23.0 Å². The lowest BCUT2D eigenvalue weighted by Crippen LogP contribution is -2.28. The molecule has 3 unspecified atom stereocenters. The molecular formula is C24H22N6S. The SMILES string of the molecule is CC1C(N)=NC(C)(c2cc(-c3cccc(C#N)c3)cs2)C1c1ccc2nnn(C)c2c1. The van der Waals surface area contributed by atoms with Crippen molar-refractivity contribution in [2.24, 2.45) is 23.7 Å².